The van der Waals surface area contributed by atoms with E-state index in [2.05, 4.69) is 12.7 Å². The smallest absolute Gasteiger partial charge is 0.356 e. The van der Waals surface area contributed by atoms with Crippen LogP contribution in [-0.2, 0) is 4.79 Å². The molecule has 0 aromatic carbocycles. The van der Waals surface area contributed by atoms with Crippen molar-refractivity contribution in [3.63, 3.8) is 0 Å². The van der Waals surface area contributed by atoms with E-state index in [9.17, 15) is 4.79 Å². The van der Waals surface area contributed by atoms with Crippen LogP contribution >= 0.6 is 0 Å². The number of hydrogen-bond acceptors (Lipinski definition) is 1. The maximum absolute atomic E-state index is 11.1. The van der Waals surface area contributed by atoms with Gasteiger partial charge in [-0.3, -0.25) is 0 Å². The Labute approximate surface area is 130 Å². The second kappa shape index (κ2) is 16.2. The van der Waals surface area contributed by atoms with Crippen molar-refractivity contribution in [2.75, 3.05) is 0 Å². The van der Waals surface area contributed by atoms with E-state index in [0.29, 0.717) is 4.65 Å². The van der Waals surface area contributed by atoms with Crippen molar-refractivity contribution in [1.29, 1.82) is 0 Å². The zero-order valence-corrected chi connectivity index (χ0v) is 16.0. The van der Waals surface area contributed by atoms with Gasteiger partial charge in [-0.15, -0.1) is 0 Å². The normalized spacial score (nSPS) is 10.6. The maximum atomic E-state index is 11.1. The molecule has 0 unspecified atom stereocenters. The zero-order valence-electron chi connectivity index (χ0n) is 12.0. The molecule has 0 aliphatic carbocycles. The van der Waals surface area contributed by atoms with Crippen LogP contribution < -0.4 is 29.6 Å². The Morgan fingerprint density at radius 1 is 0.875 bits per heavy atom. The molecule has 1 nitrogen and oxygen atoms in total. The minimum absolute atomic E-state index is 0. The summed E-state index contributed by atoms with van der Waals surface area (Å²) in [7, 11) is 0. The van der Waals surface area contributed by atoms with Gasteiger partial charge in [-0.05, 0) is 6.42 Å². The Morgan fingerprint density at radius 2 is 1.31 bits per heavy atom. The van der Waals surface area contributed by atoms with Gasteiger partial charge in [0.05, 0.1) is 0 Å². The first-order chi connectivity index (χ1) is 7.31. The summed E-state index contributed by atoms with van der Waals surface area (Å²) >= 11 is -0.783. The van der Waals surface area contributed by atoms with Crippen LogP contribution in [0, 0.1) is 0 Å². The Hall–Kier alpha value is 1.20. The van der Waals surface area contributed by atoms with E-state index in [1.54, 1.807) is 0 Å². The second-order valence-electron chi connectivity index (χ2n) is 4.78. The third-order valence-corrected chi connectivity index (χ3v) is 4.81. The van der Waals surface area contributed by atoms with Gasteiger partial charge in [-0.2, -0.15) is 0 Å². The molecule has 0 aromatic heterocycles. The summed E-state index contributed by atoms with van der Waals surface area (Å²) in [4.78, 5) is 11.1. The van der Waals surface area contributed by atoms with Crippen LogP contribution in [0.1, 0.15) is 71.1 Å². The molecule has 90 valence electrons. The zero-order chi connectivity index (χ0) is 11.4. The van der Waals surface area contributed by atoms with Crippen molar-refractivity contribution in [1.82, 2.24) is 0 Å². The maximum Gasteiger partial charge on any atom is 1.00 e. The monoisotopic (exact) mass is 250 g/mol. The van der Waals surface area contributed by atoms with Crippen LogP contribution in [0.3, 0.4) is 0 Å². The van der Waals surface area contributed by atoms with Gasteiger partial charge >= 0.3 is 29.6 Å². The van der Waals surface area contributed by atoms with E-state index in [4.69, 9.17) is 0 Å². The van der Waals surface area contributed by atoms with Gasteiger partial charge in [0.25, 0.3) is 0 Å². The number of hydrogen-bond donors (Lipinski definition) is 0. The Balaban J connectivity index is 0. The molecule has 3 heteroatoms. The number of unbranched alkanes of at least 4 members (excludes halogenated alkanes) is 8. The molecule has 0 aromatic rings. The predicted molar refractivity (Wildman–Crippen MR) is 71.3 cm³/mol. The quantitative estimate of drug-likeness (QED) is 0.389. The molecular weight excluding hydrogens is 222 g/mol. The Bertz CT molecular complexity index is 151. The molecule has 0 amide bonds. The van der Waals surface area contributed by atoms with Crippen LogP contribution in [0.5, 0.6) is 0 Å². The van der Waals surface area contributed by atoms with E-state index in [0.717, 1.165) is 12.8 Å². The first kappa shape index (κ1) is 19.5. The summed E-state index contributed by atoms with van der Waals surface area (Å²) in [6.07, 6.45) is 13.0. The summed E-state index contributed by atoms with van der Waals surface area (Å²) < 4.78 is 0.623. The second-order valence-corrected chi connectivity index (χ2v) is 6.90. The first-order valence-corrected chi connectivity index (χ1v) is 10.3. The summed E-state index contributed by atoms with van der Waals surface area (Å²) in [5, 5.41) is 0. The molecular formula is C13H28AlNaO. The Kier molecular flexibility index (Phi) is 19.8. The van der Waals surface area contributed by atoms with Crippen molar-refractivity contribution in [3.05, 3.63) is 0 Å². The summed E-state index contributed by atoms with van der Waals surface area (Å²) in [5.74, 6) is 2.15. The number of carbonyl (C=O) groups is 1. The standard InChI is InChI=1S/C12H23O.CH3.Al.Na.2H/c1-2-3-4-5-6-7-8-9-10-11-12-13;;;;;/h2-11H2,1H3;1H3;;;;/q;;-1;+1;;. The molecule has 0 radical (unpaired) electrons. The van der Waals surface area contributed by atoms with Crippen LogP contribution in [0.15, 0.2) is 0 Å². The van der Waals surface area contributed by atoms with E-state index in [-0.39, 0.29) is 29.6 Å². The molecule has 0 spiro atoms. The molecule has 0 heterocycles. The molecule has 0 aliphatic heterocycles. The van der Waals surface area contributed by atoms with Gasteiger partial charge in [0.2, 0.25) is 0 Å². The van der Waals surface area contributed by atoms with Crippen molar-refractivity contribution in [3.8, 4) is 0 Å². The van der Waals surface area contributed by atoms with E-state index in [1.165, 1.54) is 51.4 Å². The predicted octanol–water partition coefficient (Wildman–Crippen LogP) is 0.655. The van der Waals surface area contributed by atoms with Crippen LogP contribution in [0.2, 0.25) is 5.79 Å². The Morgan fingerprint density at radius 3 is 1.75 bits per heavy atom. The van der Waals surface area contributed by atoms with E-state index in [1.807, 2.05) is 0 Å². The molecule has 0 fully saturated rings. The fourth-order valence-electron chi connectivity index (χ4n) is 1.93. The van der Waals surface area contributed by atoms with Crippen LogP contribution in [0.25, 0.3) is 0 Å². The van der Waals surface area contributed by atoms with Gasteiger partial charge in [-0.1, -0.05) is 69.4 Å². The van der Waals surface area contributed by atoms with Crippen molar-refractivity contribution >= 4 is 19.9 Å². The van der Waals surface area contributed by atoms with Gasteiger partial charge in [0.15, 0.2) is 15.2 Å². The van der Waals surface area contributed by atoms with Gasteiger partial charge in [0, 0.05) is 0 Å². The average Bonchev–Trinajstić information content (AvgIpc) is 2.26. The molecule has 0 bridgehead atoms. The summed E-state index contributed by atoms with van der Waals surface area (Å²) in [5.41, 5.74) is 0. The van der Waals surface area contributed by atoms with Gasteiger partial charge < -0.3 is 4.79 Å². The van der Waals surface area contributed by atoms with E-state index < -0.39 is 15.2 Å². The minimum Gasteiger partial charge on any atom is -0.356 e. The fraction of sp³-hybridized carbons (Fsp3) is 0.923. The molecule has 0 saturated heterocycles. The number of carbonyl (C=O) groups excluding carboxylic acids is 1. The summed E-state index contributed by atoms with van der Waals surface area (Å²) in [6, 6.07) is 0. The molecule has 0 aliphatic rings. The fourth-order valence-corrected chi connectivity index (χ4v) is 2.79. The van der Waals surface area contributed by atoms with Crippen molar-refractivity contribution in [2.24, 2.45) is 0 Å². The van der Waals surface area contributed by atoms with Gasteiger partial charge in [-0.25, -0.2) is 5.79 Å². The first-order valence-electron chi connectivity index (χ1n) is 7.26. The van der Waals surface area contributed by atoms with Crippen molar-refractivity contribution in [2.45, 2.75) is 76.9 Å². The molecule has 0 rings (SSSR count). The average molecular weight is 250 g/mol. The third kappa shape index (κ3) is 15.2. The third-order valence-electron chi connectivity index (χ3n) is 3.19. The molecule has 0 saturated carbocycles. The number of rotatable bonds is 11. The van der Waals surface area contributed by atoms with Crippen LogP contribution in [0.4, 0.5) is 0 Å². The summed E-state index contributed by atoms with van der Waals surface area (Å²) in [6.45, 7) is 2.26. The SMILES string of the molecule is CCCCCCCCCCC[C](=O)[AlH2-][CH3].[Na+]. The largest absolute Gasteiger partial charge is 1.00 e. The van der Waals surface area contributed by atoms with Crippen LogP contribution in [-0.4, -0.2) is 19.9 Å². The topological polar surface area (TPSA) is 17.1 Å². The molecule has 16 heavy (non-hydrogen) atoms. The molecule has 0 N–H and O–H groups in total. The van der Waals surface area contributed by atoms with Gasteiger partial charge in [0.1, 0.15) is 0 Å². The molecule has 0 atom stereocenters. The minimum atomic E-state index is -0.783. The van der Waals surface area contributed by atoms with E-state index >= 15 is 0 Å². The van der Waals surface area contributed by atoms with Crippen molar-refractivity contribution < 1.29 is 34.4 Å².